The summed E-state index contributed by atoms with van der Waals surface area (Å²) in [5.41, 5.74) is 0.649. The van der Waals surface area contributed by atoms with Gasteiger partial charge in [0.05, 0.1) is 0 Å². The van der Waals surface area contributed by atoms with Gasteiger partial charge >= 0.3 is 0 Å². The smallest absolute Gasteiger partial charge is 0.222 e. The van der Waals surface area contributed by atoms with Crippen LogP contribution in [0.3, 0.4) is 0 Å². The van der Waals surface area contributed by atoms with Crippen LogP contribution < -0.4 is 5.32 Å². The lowest BCUT2D eigenvalue weighted by Crippen LogP contribution is -2.30. The van der Waals surface area contributed by atoms with Crippen LogP contribution in [-0.4, -0.2) is 12.5 Å². The Labute approximate surface area is 102 Å². The molecule has 1 aromatic carbocycles. The van der Waals surface area contributed by atoms with Gasteiger partial charge in [0.15, 0.2) is 0 Å². The molecule has 3 heteroatoms. The molecule has 0 radical (unpaired) electrons. The monoisotopic (exact) mass is 237 g/mol. The van der Waals surface area contributed by atoms with E-state index in [9.17, 15) is 9.18 Å². The Morgan fingerprint density at radius 3 is 2.76 bits per heavy atom. The number of carbonyl (C=O) groups excluding carboxylic acids is 1. The standard InChI is InChI=1S/C14H20FNO/c1-3-6-11(2)14(17)16-10-9-12-7-4-5-8-13(12)15/h4-5,7-8,11H,3,6,9-10H2,1-2H3,(H,16,17). The van der Waals surface area contributed by atoms with Gasteiger partial charge in [0.1, 0.15) is 5.82 Å². The molecule has 0 heterocycles. The van der Waals surface area contributed by atoms with Gasteiger partial charge in [0.2, 0.25) is 5.91 Å². The van der Waals surface area contributed by atoms with E-state index in [1.54, 1.807) is 18.2 Å². The number of halogens is 1. The van der Waals surface area contributed by atoms with Crippen molar-refractivity contribution in [2.75, 3.05) is 6.54 Å². The molecule has 94 valence electrons. The highest BCUT2D eigenvalue weighted by Gasteiger charge is 2.10. The zero-order valence-electron chi connectivity index (χ0n) is 10.5. The number of rotatable bonds is 6. The van der Waals surface area contributed by atoms with Crippen molar-refractivity contribution in [2.45, 2.75) is 33.1 Å². The maximum Gasteiger partial charge on any atom is 0.222 e. The van der Waals surface area contributed by atoms with E-state index in [4.69, 9.17) is 0 Å². The minimum Gasteiger partial charge on any atom is -0.356 e. The second kappa shape index (κ2) is 7.05. The Morgan fingerprint density at radius 2 is 2.12 bits per heavy atom. The lowest BCUT2D eigenvalue weighted by molar-refractivity contribution is -0.124. The highest BCUT2D eigenvalue weighted by molar-refractivity contribution is 5.78. The van der Waals surface area contributed by atoms with Gasteiger partial charge in [-0.1, -0.05) is 38.5 Å². The molecule has 1 aromatic rings. The van der Waals surface area contributed by atoms with Crippen LogP contribution in [0.25, 0.3) is 0 Å². The first-order valence-electron chi connectivity index (χ1n) is 6.16. The van der Waals surface area contributed by atoms with Crippen molar-refractivity contribution in [3.05, 3.63) is 35.6 Å². The lowest BCUT2D eigenvalue weighted by atomic mass is 10.1. The summed E-state index contributed by atoms with van der Waals surface area (Å²) in [4.78, 5) is 11.6. The normalized spacial score (nSPS) is 12.2. The van der Waals surface area contributed by atoms with Crippen LogP contribution in [0.15, 0.2) is 24.3 Å². The molecule has 0 aliphatic carbocycles. The summed E-state index contributed by atoms with van der Waals surface area (Å²) in [5.74, 6) is -0.104. The zero-order chi connectivity index (χ0) is 12.7. The van der Waals surface area contributed by atoms with E-state index in [0.29, 0.717) is 18.5 Å². The minimum atomic E-state index is -0.205. The first-order chi connectivity index (χ1) is 8.15. The fourth-order valence-electron chi connectivity index (χ4n) is 1.76. The van der Waals surface area contributed by atoms with Crippen LogP contribution in [0.2, 0.25) is 0 Å². The van der Waals surface area contributed by atoms with Crippen LogP contribution in [0, 0.1) is 11.7 Å². The molecule has 0 saturated carbocycles. The molecule has 0 fully saturated rings. The van der Waals surface area contributed by atoms with Gasteiger partial charge in [-0.2, -0.15) is 0 Å². The second-order valence-corrected chi connectivity index (χ2v) is 4.32. The van der Waals surface area contributed by atoms with E-state index in [2.05, 4.69) is 12.2 Å². The van der Waals surface area contributed by atoms with Crippen molar-refractivity contribution >= 4 is 5.91 Å². The molecule has 1 amide bonds. The van der Waals surface area contributed by atoms with E-state index in [1.807, 2.05) is 6.92 Å². The molecule has 1 unspecified atom stereocenters. The summed E-state index contributed by atoms with van der Waals surface area (Å²) in [7, 11) is 0. The summed E-state index contributed by atoms with van der Waals surface area (Å²) < 4.78 is 13.3. The molecule has 0 spiro atoms. The molecular formula is C14H20FNO. The van der Waals surface area contributed by atoms with Crippen LogP contribution in [0.4, 0.5) is 4.39 Å². The van der Waals surface area contributed by atoms with E-state index < -0.39 is 0 Å². The topological polar surface area (TPSA) is 29.1 Å². The van der Waals surface area contributed by atoms with Crippen LogP contribution in [-0.2, 0) is 11.2 Å². The Hall–Kier alpha value is -1.38. The molecule has 0 aliphatic heterocycles. The quantitative estimate of drug-likeness (QED) is 0.809. The number of hydrogen-bond acceptors (Lipinski definition) is 1. The van der Waals surface area contributed by atoms with Gasteiger partial charge in [-0.15, -0.1) is 0 Å². The van der Waals surface area contributed by atoms with Gasteiger partial charge in [-0.25, -0.2) is 4.39 Å². The largest absolute Gasteiger partial charge is 0.356 e. The van der Waals surface area contributed by atoms with Crippen molar-refractivity contribution in [1.82, 2.24) is 5.32 Å². The highest BCUT2D eigenvalue weighted by Crippen LogP contribution is 2.07. The van der Waals surface area contributed by atoms with Crippen LogP contribution in [0.5, 0.6) is 0 Å². The maximum atomic E-state index is 13.3. The number of amides is 1. The molecule has 2 nitrogen and oxygen atoms in total. The Balaban J connectivity index is 2.33. The third-order valence-corrected chi connectivity index (χ3v) is 2.82. The van der Waals surface area contributed by atoms with Crippen molar-refractivity contribution in [2.24, 2.45) is 5.92 Å². The van der Waals surface area contributed by atoms with Gasteiger partial charge in [-0.05, 0) is 24.5 Å². The van der Waals surface area contributed by atoms with Crippen molar-refractivity contribution in [1.29, 1.82) is 0 Å². The Kier molecular flexibility index (Phi) is 5.67. The number of hydrogen-bond donors (Lipinski definition) is 1. The second-order valence-electron chi connectivity index (χ2n) is 4.32. The SMILES string of the molecule is CCCC(C)C(=O)NCCc1ccccc1F. The number of nitrogens with one attached hydrogen (secondary N) is 1. The average Bonchev–Trinajstić information content (AvgIpc) is 2.31. The molecular weight excluding hydrogens is 217 g/mol. The van der Waals surface area contributed by atoms with Gasteiger partial charge in [0.25, 0.3) is 0 Å². The predicted molar refractivity (Wildman–Crippen MR) is 67.2 cm³/mol. The van der Waals surface area contributed by atoms with E-state index in [1.165, 1.54) is 6.07 Å². The lowest BCUT2D eigenvalue weighted by Gasteiger charge is -2.11. The average molecular weight is 237 g/mol. The molecule has 1 atom stereocenters. The predicted octanol–water partition coefficient (Wildman–Crippen LogP) is 2.92. The summed E-state index contributed by atoms with van der Waals surface area (Å²) in [5, 5.41) is 2.84. The summed E-state index contributed by atoms with van der Waals surface area (Å²) in [6, 6.07) is 6.66. The Morgan fingerprint density at radius 1 is 1.41 bits per heavy atom. The van der Waals surface area contributed by atoms with Crippen LogP contribution in [0.1, 0.15) is 32.3 Å². The molecule has 17 heavy (non-hydrogen) atoms. The van der Waals surface area contributed by atoms with E-state index in [-0.39, 0.29) is 17.6 Å². The van der Waals surface area contributed by atoms with Gasteiger partial charge in [-0.3, -0.25) is 4.79 Å². The molecule has 1 rings (SSSR count). The minimum absolute atomic E-state index is 0.0422. The molecule has 0 saturated heterocycles. The van der Waals surface area contributed by atoms with Crippen molar-refractivity contribution in [3.8, 4) is 0 Å². The number of carbonyl (C=O) groups is 1. The first-order valence-corrected chi connectivity index (χ1v) is 6.16. The van der Waals surface area contributed by atoms with Crippen LogP contribution >= 0.6 is 0 Å². The Bertz CT molecular complexity index is 365. The first kappa shape index (κ1) is 13.7. The molecule has 0 bridgehead atoms. The molecule has 1 N–H and O–H groups in total. The third kappa shape index (κ3) is 4.55. The van der Waals surface area contributed by atoms with Crippen molar-refractivity contribution < 1.29 is 9.18 Å². The molecule has 0 aromatic heterocycles. The molecule has 0 aliphatic rings. The fraction of sp³-hybridized carbons (Fsp3) is 0.500. The van der Waals surface area contributed by atoms with E-state index >= 15 is 0 Å². The van der Waals surface area contributed by atoms with Crippen molar-refractivity contribution in [3.63, 3.8) is 0 Å². The van der Waals surface area contributed by atoms with Gasteiger partial charge < -0.3 is 5.32 Å². The summed E-state index contributed by atoms with van der Waals surface area (Å²) in [6.45, 7) is 4.47. The summed E-state index contributed by atoms with van der Waals surface area (Å²) >= 11 is 0. The number of benzene rings is 1. The maximum absolute atomic E-state index is 13.3. The third-order valence-electron chi connectivity index (χ3n) is 2.82. The van der Waals surface area contributed by atoms with Gasteiger partial charge in [0, 0.05) is 12.5 Å². The summed E-state index contributed by atoms with van der Waals surface area (Å²) in [6.07, 6.45) is 2.44. The van der Waals surface area contributed by atoms with E-state index in [0.717, 1.165) is 12.8 Å². The fourth-order valence-corrected chi connectivity index (χ4v) is 1.76. The highest BCUT2D eigenvalue weighted by atomic mass is 19.1. The zero-order valence-corrected chi connectivity index (χ0v) is 10.5.